The predicted molar refractivity (Wildman–Crippen MR) is 96.8 cm³/mol. The number of pyridine rings is 1. The summed E-state index contributed by atoms with van der Waals surface area (Å²) in [6.45, 7) is 0.806. The van der Waals surface area contributed by atoms with E-state index in [2.05, 4.69) is 4.98 Å². The number of carbonyl (C=O) groups is 2. The number of anilines is 1. The molecule has 0 radical (unpaired) electrons. The number of carbonyl (C=O) groups excluding carboxylic acids is 2. The molecule has 1 unspecified atom stereocenters. The maximum absolute atomic E-state index is 14.0. The number of nitrogens with zero attached hydrogens (tertiary/aromatic N) is 3. The lowest BCUT2D eigenvalue weighted by Gasteiger charge is -2.47. The number of likely N-dealkylation sites (tertiary alicyclic amines) is 1. The Morgan fingerprint density at radius 3 is 2.68 bits per heavy atom. The molecule has 1 aromatic carbocycles. The van der Waals surface area contributed by atoms with E-state index in [9.17, 15) is 18.4 Å². The Labute approximate surface area is 160 Å². The van der Waals surface area contributed by atoms with Gasteiger partial charge < -0.3 is 14.5 Å². The topological polar surface area (TPSA) is 62.7 Å². The van der Waals surface area contributed by atoms with Crippen LogP contribution >= 0.6 is 0 Å². The van der Waals surface area contributed by atoms with Crippen molar-refractivity contribution in [2.45, 2.75) is 18.4 Å². The highest BCUT2D eigenvalue weighted by Gasteiger charge is 2.45. The van der Waals surface area contributed by atoms with Crippen LogP contribution in [0.25, 0.3) is 0 Å². The fourth-order valence-electron chi connectivity index (χ4n) is 3.78. The van der Waals surface area contributed by atoms with Crippen LogP contribution in [0, 0.1) is 11.6 Å². The molecule has 2 saturated heterocycles. The highest BCUT2D eigenvalue weighted by Crippen LogP contribution is 2.32. The van der Waals surface area contributed by atoms with Gasteiger partial charge in [-0.25, -0.2) is 13.8 Å². The van der Waals surface area contributed by atoms with Gasteiger partial charge in [0.25, 0.3) is 11.8 Å². The van der Waals surface area contributed by atoms with Gasteiger partial charge in [0, 0.05) is 18.4 Å². The minimum absolute atomic E-state index is 0.128. The Hall–Kier alpha value is -2.87. The van der Waals surface area contributed by atoms with Crippen molar-refractivity contribution in [1.29, 1.82) is 0 Å². The molecule has 0 saturated carbocycles. The number of amides is 2. The fraction of sp³-hybridized carbons (Fsp3) is 0.350. The number of hydrogen-bond donors (Lipinski definition) is 0. The molecule has 6 nitrogen and oxygen atoms in total. The summed E-state index contributed by atoms with van der Waals surface area (Å²) in [7, 11) is 0. The van der Waals surface area contributed by atoms with Crippen molar-refractivity contribution in [1.82, 2.24) is 9.88 Å². The summed E-state index contributed by atoms with van der Waals surface area (Å²) in [6.07, 6.45) is 2.69. The van der Waals surface area contributed by atoms with E-state index in [4.69, 9.17) is 4.74 Å². The Kier molecular flexibility index (Phi) is 4.80. The van der Waals surface area contributed by atoms with Gasteiger partial charge in [0.15, 0.2) is 11.5 Å². The summed E-state index contributed by atoms with van der Waals surface area (Å²) in [6, 6.07) is 8.31. The molecule has 1 aromatic heterocycles. The van der Waals surface area contributed by atoms with Crippen LogP contribution in [0.4, 0.5) is 14.5 Å². The van der Waals surface area contributed by atoms with Gasteiger partial charge in [-0.05, 0) is 49.2 Å². The van der Waals surface area contributed by atoms with Gasteiger partial charge in [0.2, 0.25) is 0 Å². The molecule has 0 aliphatic carbocycles. The number of benzene rings is 1. The van der Waals surface area contributed by atoms with Crippen LogP contribution in [-0.4, -0.2) is 53.5 Å². The van der Waals surface area contributed by atoms with Crippen molar-refractivity contribution in [3.05, 3.63) is 59.9 Å². The maximum atomic E-state index is 14.0. The van der Waals surface area contributed by atoms with Crippen LogP contribution < -0.4 is 4.90 Å². The second kappa shape index (κ2) is 7.27. The predicted octanol–water partition coefficient (Wildman–Crippen LogP) is 2.40. The van der Waals surface area contributed by atoms with Crippen molar-refractivity contribution in [2.75, 3.05) is 31.1 Å². The molecule has 0 N–H and O–H groups in total. The molecular weight excluding hydrogens is 368 g/mol. The lowest BCUT2D eigenvalue weighted by molar-refractivity contribution is -0.144. The smallest absolute Gasteiger partial charge is 0.275 e. The number of piperidine rings is 1. The lowest BCUT2D eigenvalue weighted by Crippen LogP contribution is -2.62. The van der Waals surface area contributed by atoms with Crippen LogP contribution in [0.2, 0.25) is 0 Å². The minimum atomic E-state index is -0.749. The van der Waals surface area contributed by atoms with Gasteiger partial charge in [-0.2, -0.15) is 0 Å². The molecular formula is C20H19F2N3O3. The molecule has 146 valence electrons. The Morgan fingerprint density at radius 1 is 1.14 bits per heavy atom. The van der Waals surface area contributed by atoms with E-state index < -0.39 is 17.3 Å². The number of ether oxygens (including phenoxy) is 1. The first-order valence-electron chi connectivity index (χ1n) is 9.07. The standard InChI is InChI=1S/C20H19F2N3O3/c21-14-4-6-15(7-5-14)25-13-20(28-11-17(25)26)8-2-10-24(12-20)19(27)18-16(22)3-1-9-23-18/h1,3-7,9H,2,8,10-13H2. The second-order valence-corrected chi connectivity index (χ2v) is 7.09. The van der Waals surface area contributed by atoms with Crippen molar-refractivity contribution in [2.24, 2.45) is 0 Å². The molecule has 4 rings (SSSR count). The summed E-state index contributed by atoms with van der Waals surface area (Å²) in [4.78, 5) is 32.0. The molecule has 3 heterocycles. The summed E-state index contributed by atoms with van der Waals surface area (Å²) < 4.78 is 33.1. The normalized spacial score (nSPS) is 22.6. The highest BCUT2D eigenvalue weighted by atomic mass is 19.1. The molecule has 2 aromatic rings. The molecule has 28 heavy (non-hydrogen) atoms. The first-order chi connectivity index (χ1) is 13.5. The van der Waals surface area contributed by atoms with E-state index in [0.29, 0.717) is 25.1 Å². The fourth-order valence-corrected chi connectivity index (χ4v) is 3.78. The number of aromatic nitrogens is 1. The summed E-state index contributed by atoms with van der Waals surface area (Å²) in [5, 5.41) is 0. The van der Waals surface area contributed by atoms with Crippen LogP contribution in [0.1, 0.15) is 23.3 Å². The summed E-state index contributed by atoms with van der Waals surface area (Å²) in [5.41, 5.74) is -0.392. The van der Waals surface area contributed by atoms with Gasteiger partial charge in [-0.3, -0.25) is 9.59 Å². The van der Waals surface area contributed by atoms with E-state index in [1.165, 1.54) is 35.4 Å². The number of rotatable bonds is 2. The van der Waals surface area contributed by atoms with Gasteiger partial charge in [-0.1, -0.05) is 0 Å². The third-order valence-corrected chi connectivity index (χ3v) is 5.18. The molecule has 2 amide bonds. The first kappa shape index (κ1) is 18.5. The third kappa shape index (κ3) is 3.47. The van der Waals surface area contributed by atoms with E-state index >= 15 is 0 Å². The molecule has 2 aliphatic heterocycles. The van der Waals surface area contributed by atoms with Crippen LogP contribution in [-0.2, 0) is 9.53 Å². The molecule has 2 aliphatic rings. The van der Waals surface area contributed by atoms with Gasteiger partial charge in [0.05, 0.1) is 13.1 Å². The quantitative estimate of drug-likeness (QED) is 0.794. The number of hydrogen-bond acceptors (Lipinski definition) is 4. The monoisotopic (exact) mass is 387 g/mol. The molecule has 0 bridgehead atoms. The SMILES string of the molecule is O=C(c1ncccc1F)N1CCCC2(C1)CN(c1ccc(F)cc1)C(=O)CO2. The Morgan fingerprint density at radius 2 is 1.93 bits per heavy atom. The van der Waals surface area contributed by atoms with Gasteiger partial charge >= 0.3 is 0 Å². The third-order valence-electron chi connectivity index (χ3n) is 5.18. The largest absolute Gasteiger partial charge is 0.361 e. The Bertz CT molecular complexity index is 906. The average Bonchev–Trinajstić information content (AvgIpc) is 2.71. The van der Waals surface area contributed by atoms with E-state index in [1.807, 2.05) is 0 Å². The van der Waals surface area contributed by atoms with Crippen LogP contribution in [0.15, 0.2) is 42.6 Å². The average molecular weight is 387 g/mol. The summed E-state index contributed by atoms with van der Waals surface area (Å²) in [5.74, 6) is -1.77. The van der Waals surface area contributed by atoms with Crippen molar-refractivity contribution < 1.29 is 23.1 Å². The molecule has 8 heteroatoms. The number of halogens is 2. The van der Waals surface area contributed by atoms with Gasteiger partial charge in [0.1, 0.15) is 18.0 Å². The van der Waals surface area contributed by atoms with Crippen molar-refractivity contribution in [3.63, 3.8) is 0 Å². The minimum Gasteiger partial charge on any atom is -0.361 e. The zero-order chi connectivity index (χ0) is 19.7. The maximum Gasteiger partial charge on any atom is 0.275 e. The van der Waals surface area contributed by atoms with E-state index in [-0.39, 0.29) is 37.1 Å². The van der Waals surface area contributed by atoms with Gasteiger partial charge in [-0.15, -0.1) is 0 Å². The lowest BCUT2D eigenvalue weighted by atomic mass is 9.90. The van der Waals surface area contributed by atoms with E-state index in [1.54, 1.807) is 17.0 Å². The highest BCUT2D eigenvalue weighted by molar-refractivity contribution is 5.95. The molecule has 1 atom stereocenters. The molecule has 2 fully saturated rings. The van der Waals surface area contributed by atoms with E-state index in [0.717, 1.165) is 0 Å². The zero-order valence-electron chi connectivity index (χ0n) is 15.1. The Balaban J connectivity index is 1.55. The van der Waals surface area contributed by atoms with Crippen molar-refractivity contribution >= 4 is 17.5 Å². The van der Waals surface area contributed by atoms with Crippen LogP contribution in [0.3, 0.4) is 0 Å². The van der Waals surface area contributed by atoms with Crippen molar-refractivity contribution in [3.8, 4) is 0 Å². The molecule has 1 spiro atoms. The second-order valence-electron chi connectivity index (χ2n) is 7.09. The zero-order valence-corrected chi connectivity index (χ0v) is 15.1. The summed E-state index contributed by atoms with van der Waals surface area (Å²) >= 11 is 0. The first-order valence-corrected chi connectivity index (χ1v) is 9.07. The number of morpholine rings is 1. The van der Waals surface area contributed by atoms with Crippen LogP contribution in [0.5, 0.6) is 0 Å².